The van der Waals surface area contributed by atoms with Crippen molar-refractivity contribution < 1.29 is 29.7 Å². The van der Waals surface area contributed by atoms with E-state index in [1.807, 2.05) is 0 Å². The molecule has 3 fully saturated rings. The van der Waals surface area contributed by atoms with Crippen molar-refractivity contribution >= 4 is 29.9 Å². The number of Topliss-reactive ketones (excluding diaryl/α,β-unsaturated/α-hetero) is 1. The highest BCUT2D eigenvalue weighted by Crippen LogP contribution is 2.61. The Hall–Kier alpha value is -2.49. The van der Waals surface area contributed by atoms with Crippen molar-refractivity contribution in [1.29, 1.82) is 5.41 Å². The van der Waals surface area contributed by atoms with E-state index in [2.05, 4.69) is 31.3 Å². The lowest BCUT2D eigenvalue weighted by atomic mass is 9.45. The smallest absolute Gasteiger partial charge is 0.414 e. The van der Waals surface area contributed by atoms with Crippen LogP contribution in [0.3, 0.4) is 0 Å². The molecule has 3 saturated carbocycles. The summed E-state index contributed by atoms with van der Waals surface area (Å²) < 4.78 is 0. The molecule has 3 aliphatic rings. The number of aliphatic carboxylic acids is 2. The number of guanidine groups is 1. The summed E-state index contributed by atoms with van der Waals surface area (Å²) in [7, 11) is 0. The minimum atomic E-state index is -1.82. The van der Waals surface area contributed by atoms with Gasteiger partial charge in [-0.3, -0.25) is 10.2 Å². The molecule has 3 aliphatic carbocycles. The molecule has 10 heteroatoms. The van der Waals surface area contributed by atoms with Gasteiger partial charge in [-0.25, -0.2) is 15.0 Å². The van der Waals surface area contributed by atoms with Gasteiger partial charge in [0.25, 0.3) is 0 Å². The largest absolute Gasteiger partial charge is 0.473 e. The fourth-order valence-electron chi connectivity index (χ4n) is 6.80. The molecule has 0 heterocycles. The molecule has 192 valence electrons. The first kappa shape index (κ1) is 27.8. The van der Waals surface area contributed by atoms with E-state index in [1.165, 1.54) is 0 Å². The Bertz CT molecular complexity index is 805. The van der Waals surface area contributed by atoms with E-state index in [0.717, 1.165) is 51.4 Å². The Morgan fingerprint density at radius 1 is 1.24 bits per heavy atom. The van der Waals surface area contributed by atoms with Gasteiger partial charge < -0.3 is 21.1 Å². The fraction of sp³-hybridized carbons (Fsp3) is 0.792. The van der Waals surface area contributed by atoms with E-state index in [1.54, 1.807) is 6.21 Å². The van der Waals surface area contributed by atoms with Crippen LogP contribution in [-0.4, -0.2) is 51.3 Å². The number of hydrazone groups is 1. The number of rotatable bonds is 5. The van der Waals surface area contributed by atoms with Crippen LogP contribution in [-0.2, 0) is 14.4 Å². The van der Waals surface area contributed by atoms with E-state index in [-0.39, 0.29) is 34.7 Å². The van der Waals surface area contributed by atoms with Gasteiger partial charge in [0, 0.05) is 17.5 Å². The number of ketones is 1. The second kappa shape index (κ2) is 11.3. The molecule has 34 heavy (non-hydrogen) atoms. The molecule has 7 N–H and O–H groups in total. The zero-order chi connectivity index (χ0) is 25.7. The Labute approximate surface area is 200 Å². The van der Waals surface area contributed by atoms with Crippen LogP contribution in [0.1, 0.15) is 78.6 Å². The normalized spacial score (nSPS) is 37.1. The van der Waals surface area contributed by atoms with Gasteiger partial charge in [0.05, 0.1) is 6.10 Å². The van der Waals surface area contributed by atoms with Gasteiger partial charge in [0.15, 0.2) is 0 Å². The molecule has 0 amide bonds. The van der Waals surface area contributed by atoms with Crippen LogP contribution < -0.4 is 11.2 Å². The first-order valence-corrected chi connectivity index (χ1v) is 12.2. The summed E-state index contributed by atoms with van der Waals surface area (Å²) >= 11 is 0. The molecule has 7 atom stereocenters. The highest BCUT2D eigenvalue weighted by atomic mass is 16.4. The minimum absolute atomic E-state index is 0.123. The zero-order valence-electron chi connectivity index (χ0n) is 20.4. The molecular formula is C24H40N4O6. The summed E-state index contributed by atoms with van der Waals surface area (Å²) in [5.74, 6) is -2.00. The predicted molar refractivity (Wildman–Crippen MR) is 127 cm³/mol. The molecule has 0 spiro atoms. The van der Waals surface area contributed by atoms with Crippen LogP contribution in [0.2, 0.25) is 0 Å². The monoisotopic (exact) mass is 480 g/mol. The summed E-state index contributed by atoms with van der Waals surface area (Å²) in [6.07, 6.45) is 10.2. The third kappa shape index (κ3) is 6.14. The molecule has 0 bridgehead atoms. The van der Waals surface area contributed by atoms with Gasteiger partial charge in [-0.15, -0.1) is 0 Å². The van der Waals surface area contributed by atoms with Gasteiger partial charge in [-0.05, 0) is 74.5 Å². The number of nitrogens with two attached hydrogens (primary N) is 1. The standard InChI is InChI=1S/C22H38N4O2.C2H2O4/c1-4-9-21(2)10-7-17-16(19(21)28)6-5-15-12-18(27)14(13-22(15,17)3)8-11-25-26-20(23)24;3-1(4)2(5)6/h11,14-18,27H,4-10,12-13H2,1-3H3,(H4,23,24,26);(H,3,4)(H,5,6)/b25-11+;/t14?,15-,16-,17+,18-,21+,22+;/m1./s1. The molecule has 0 aromatic heterocycles. The van der Waals surface area contributed by atoms with E-state index < -0.39 is 11.9 Å². The molecule has 0 aromatic carbocycles. The topological polar surface area (TPSA) is 186 Å². The molecule has 0 saturated heterocycles. The average Bonchev–Trinajstić information content (AvgIpc) is 2.75. The number of aliphatic hydroxyl groups excluding tert-OH is 1. The number of nitrogens with one attached hydrogen (secondary N) is 2. The number of hydrogen-bond acceptors (Lipinski definition) is 6. The number of aliphatic hydroxyl groups is 1. The second-order valence-corrected chi connectivity index (χ2v) is 10.7. The summed E-state index contributed by atoms with van der Waals surface area (Å²) in [4.78, 5) is 31.6. The lowest BCUT2D eigenvalue weighted by Crippen LogP contribution is -2.56. The van der Waals surface area contributed by atoms with Crippen molar-refractivity contribution in [3.63, 3.8) is 0 Å². The molecule has 1 unspecified atom stereocenters. The molecular weight excluding hydrogens is 440 g/mol. The summed E-state index contributed by atoms with van der Waals surface area (Å²) in [5, 5.41) is 36.6. The number of carbonyl (C=O) groups excluding carboxylic acids is 1. The quantitative estimate of drug-likeness (QED) is 0.150. The van der Waals surface area contributed by atoms with Crippen LogP contribution in [0.25, 0.3) is 0 Å². The summed E-state index contributed by atoms with van der Waals surface area (Å²) in [6.45, 7) is 6.75. The van der Waals surface area contributed by atoms with E-state index >= 15 is 0 Å². The summed E-state index contributed by atoms with van der Waals surface area (Å²) in [6, 6.07) is 0. The predicted octanol–water partition coefficient (Wildman–Crippen LogP) is 2.59. The van der Waals surface area contributed by atoms with Crippen molar-refractivity contribution in [1.82, 2.24) is 5.43 Å². The van der Waals surface area contributed by atoms with Crippen molar-refractivity contribution in [3.05, 3.63) is 0 Å². The van der Waals surface area contributed by atoms with Gasteiger partial charge in [0.2, 0.25) is 5.96 Å². The highest BCUT2D eigenvalue weighted by Gasteiger charge is 2.57. The Kier molecular flexibility index (Phi) is 9.22. The zero-order valence-corrected chi connectivity index (χ0v) is 20.4. The molecule has 10 nitrogen and oxygen atoms in total. The van der Waals surface area contributed by atoms with Gasteiger partial charge >= 0.3 is 11.9 Å². The maximum Gasteiger partial charge on any atom is 0.414 e. The van der Waals surface area contributed by atoms with Gasteiger partial charge in [0.1, 0.15) is 5.78 Å². The fourth-order valence-corrected chi connectivity index (χ4v) is 6.80. The number of carboxylic acid groups (broad SMARTS) is 2. The average molecular weight is 481 g/mol. The number of carboxylic acids is 2. The van der Waals surface area contributed by atoms with Gasteiger partial charge in [-0.2, -0.15) is 5.10 Å². The Morgan fingerprint density at radius 2 is 1.88 bits per heavy atom. The number of carbonyl (C=O) groups is 3. The first-order valence-electron chi connectivity index (χ1n) is 12.2. The van der Waals surface area contributed by atoms with Crippen molar-refractivity contribution in [2.75, 3.05) is 0 Å². The molecule has 3 rings (SSSR count). The lowest BCUT2D eigenvalue weighted by Gasteiger charge is -2.59. The SMILES string of the molecule is CCC[C@@]1(C)CC[C@H]2[C@@H](CC[C@@H]3C[C@@H](O)C(C/C=N/NC(=N)N)C[C@@]32C)C1=O.O=C(O)C(=O)O. The third-order valence-electron chi connectivity index (χ3n) is 8.47. The minimum Gasteiger partial charge on any atom is -0.473 e. The number of hydrogen-bond donors (Lipinski definition) is 6. The molecule has 0 radical (unpaired) electrons. The Balaban J connectivity index is 0.000000604. The van der Waals surface area contributed by atoms with E-state index in [0.29, 0.717) is 24.0 Å². The van der Waals surface area contributed by atoms with Crippen molar-refractivity contribution in [3.8, 4) is 0 Å². The molecule has 0 aliphatic heterocycles. The van der Waals surface area contributed by atoms with Crippen LogP contribution in [0, 0.1) is 39.9 Å². The van der Waals surface area contributed by atoms with E-state index in [9.17, 15) is 9.90 Å². The van der Waals surface area contributed by atoms with Gasteiger partial charge in [-0.1, -0.05) is 27.2 Å². The van der Waals surface area contributed by atoms with E-state index in [4.69, 9.17) is 30.9 Å². The van der Waals surface area contributed by atoms with Crippen molar-refractivity contribution in [2.24, 2.45) is 45.3 Å². The van der Waals surface area contributed by atoms with Crippen LogP contribution in [0.5, 0.6) is 0 Å². The molecule has 0 aromatic rings. The second-order valence-electron chi connectivity index (χ2n) is 10.7. The number of nitrogens with zero attached hydrogens (tertiary/aromatic N) is 1. The highest BCUT2D eigenvalue weighted by molar-refractivity contribution is 6.27. The maximum atomic E-state index is 13.4. The Morgan fingerprint density at radius 3 is 2.44 bits per heavy atom. The first-order chi connectivity index (χ1) is 15.9. The lowest BCUT2D eigenvalue weighted by molar-refractivity contribution is -0.159. The van der Waals surface area contributed by atoms with Crippen LogP contribution >= 0.6 is 0 Å². The van der Waals surface area contributed by atoms with Crippen molar-refractivity contribution in [2.45, 2.75) is 84.7 Å². The third-order valence-corrected chi connectivity index (χ3v) is 8.47. The maximum absolute atomic E-state index is 13.4. The number of fused-ring (bicyclic) bond motifs is 3. The van der Waals surface area contributed by atoms with Crippen LogP contribution in [0.15, 0.2) is 5.10 Å². The summed E-state index contributed by atoms with van der Waals surface area (Å²) in [5.41, 5.74) is 7.69. The van der Waals surface area contributed by atoms with Crippen LogP contribution in [0.4, 0.5) is 0 Å².